The Labute approximate surface area is 111 Å². The second-order valence-electron chi connectivity index (χ2n) is 4.13. The van der Waals surface area contributed by atoms with Crippen molar-refractivity contribution in [3.8, 4) is 17.3 Å². The molecule has 7 nitrogen and oxygen atoms in total. The van der Waals surface area contributed by atoms with E-state index in [-0.39, 0.29) is 0 Å². The number of nitrogens with zero attached hydrogens (tertiary/aromatic N) is 4. The third kappa shape index (κ3) is 2.50. The molecule has 0 radical (unpaired) electrons. The lowest BCUT2D eigenvalue weighted by Crippen LogP contribution is -2.02. The van der Waals surface area contributed by atoms with E-state index in [1.165, 1.54) is 0 Å². The molecular formula is C12H17N5O2. The van der Waals surface area contributed by atoms with Gasteiger partial charge in [0.05, 0.1) is 25.1 Å². The minimum atomic E-state index is 0.376. The first-order valence-corrected chi connectivity index (χ1v) is 5.77. The first kappa shape index (κ1) is 13.3. The Kier molecular flexibility index (Phi) is 3.66. The lowest BCUT2D eigenvalue weighted by molar-refractivity contribution is 0.181. The molecule has 7 heteroatoms. The quantitative estimate of drug-likeness (QED) is 0.882. The molecule has 0 aromatic carbocycles. The van der Waals surface area contributed by atoms with Gasteiger partial charge >= 0.3 is 0 Å². The van der Waals surface area contributed by atoms with E-state index < -0.39 is 0 Å². The lowest BCUT2D eigenvalue weighted by Gasteiger charge is -2.07. The topological polar surface area (TPSA) is 88.1 Å². The summed E-state index contributed by atoms with van der Waals surface area (Å²) in [5.41, 5.74) is 8.05. The van der Waals surface area contributed by atoms with Crippen LogP contribution in [-0.4, -0.2) is 34.0 Å². The van der Waals surface area contributed by atoms with E-state index in [0.29, 0.717) is 24.1 Å². The van der Waals surface area contributed by atoms with Crippen LogP contribution in [0, 0.1) is 6.92 Å². The molecule has 102 valence electrons. The highest BCUT2D eigenvalue weighted by molar-refractivity contribution is 5.66. The summed E-state index contributed by atoms with van der Waals surface area (Å²) in [6.45, 7) is 2.25. The first-order chi connectivity index (χ1) is 9.06. The number of hydrogen-bond donors (Lipinski definition) is 1. The fourth-order valence-electron chi connectivity index (χ4n) is 1.98. The van der Waals surface area contributed by atoms with E-state index in [1.54, 1.807) is 32.0 Å². The number of methoxy groups -OCH3 is 2. The molecule has 0 bridgehead atoms. The maximum absolute atomic E-state index is 5.80. The second-order valence-corrected chi connectivity index (χ2v) is 4.13. The molecule has 0 spiro atoms. The molecule has 0 saturated carbocycles. The summed E-state index contributed by atoms with van der Waals surface area (Å²) in [4.78, 5) is 8.67. The van der Waals surface area contributed by atoms with Crippen molar-refractivity contribution >= 4 is 5.82 Å². The summed E-state index contributed by atoms with van der Waals surface area (Å²) >= 11 is 0. The van der Waals surface area contributed by atoms with Crippen LogP contribution in [0.15, 0.2) is 6.07 Å². The van der Waals surface area contributed by atoms with Gasteiger partial charge in [-0.25, -0.2) is 14.6 Å². The number of rotatable bonds is 4. The number of nitrogens with two attached hydrogens (primary N) is 1. The standard InChI is InChI=1S/C12H17N5O2/c1-7-10(12(19-4)17(2)16-7)11-14-8(6-18-3)5-9(13)15-11/h5H,6H2,1-4H3,(H2,13,14,15). The van der Waals surface area contributed by atoms with Crippen LogP contribution in [-0.2, 0) is 18.4 Å². The zero-order chi connectivity index (χ0) is 14.0. The molecule has 19 heavy (non-hydrogen) atoms. The highest BCUT2D eigenvalue weighted by atomic mass is 16.5. The fourth-order valence-corrected chi connectivity index (χ4v) is 1.98. The Bertz CT molecular complexity index is 594. The van der Waals surface area contributed by atoms with E-state index in [9.17, 15) is 0 Å². The average molecular weight is 263 g/mol. The van der Waals surface area contributed by atoms with Crippen molar-refractivity contribution in [3.05, 3.63) is 17.5 Å². The molecule has 2 N–H and O–H groups in total. The van der Waals surface area contributed by atoms with Gasteiger partial charge in [-0.1, -0.05) is 0 Å². The predicted molar refractivity (Wildman–Crippen MR) is 70.6 cm³/mol. The van der Waals surface area contributed by atoms with Crippen LogP contribution in [0.5, 0.6) is 5.88 Å². The number of anilines is 1. The van der Waals surface area contributed by atoms with Crippen molar-refractivity contribution in [3.63, 3.8) is 0 Å². The highest BCUT2D eigenvalue weighted by Gasteiger charge is 2.19. The van der Waals surface area contributed by atoms with Crippen LogP contribution in [0.2, 0.25) is 0 Å². The van der Waals surface area contributed by atoms with Gasteiger partial charge in [0.1, 0.15) is 11.4 Å². The van der Waals surface area contributed by atoms with E-state index in [1.807, 2.05) is 6.92 Å². The zero-order valence-electron chi connectivity index (χ0n) is 11.5. The molecule has 2 aromatic heterocycles. The number of aryl methyl sites for hydroxylation is 2. The molecule has 0 aliphatic carbocycles. The lowest BCUT2D eigenvalue weighted by atomic mass is 10.2. The fraction of sp³-hybridized carbons (Fsp3) is 0.417. The van der Waals surface area contributed by atoms with Crippen LogP contribution in [0.3, 0.4) is 0 Å². The SMILES string of the molecule is COCc1cc(N)nc(-c2c(C)nn(C)c2OC)n1. The predicted octanol–water partition coefficient (Wildman–Crippen LogP) is 0.923. The van der Waals surface area contributed by atoms with Crippen LogP contribution in [0.25, 0.3) is 11.4 Å². The van der Waals surface area contributed by atoms with Crippen molar-refractivity contribution < 1.29 is 9.47 Å². The summed E-state index contributed by atoms with van der Waals surface area (Å²) in [5, 5.41) is 4.30. The molecule has 0 aliphatic heterocycles. The van der Waals surface area contributed by atoms with Crippen molar-refractivity contribution in [1.29, 1.82) is 0 Å². The Morgan fingerprint density at radius 3 is 2.68 bits per heavy atom. The van der Waals surface area contributed by atoms with Crippen LogP contribution < -0.4 is 10.5 Å². The van der Waals surface area contributed by atoms with Crippen molar-refractivity contribution in [2.75, 3.05) is 20.0 Å². The number of aromatic nitrogens is 4. The van der Waals surface area contributed by atoms with Crippen LogP contribution in [0.1, 0.15) is 11.4 Å². The number of nitrogen functional groups attached to an aromatic ring is 1. The van der Waals surface area contributed by atoms with Crippen molar-refractivity contribution in [2.24, 2.45) is 7.05 Å². The largest absolute Gasteiger partial charge is 0.481 e. The van der Waals surface area contributed by atoms with Gasteiger partial charge in [-0.2, -0.15) is 5.10 Å². The minimum Gasteiger partial charge on any atom is -0.481 e. The monoisotopic (exact) mass is 263 g/mol. The summed E-state index contributed by atoms with van der Waals surface area (Å²) in [6.07, 6.45) is 0. The Hall–Kier alpha value is -2.15. The third-order valence-corrected chi connectivity index (χ3v) is 2.68. The molecule has 2 aromatic rings. The van der Waals surface area contributed by atoms with E-state index in [4.69, 9.17) is 15.2 Å². The molecule has 0 saturated heterocycles. The first-order valence-electron chi connectivity index (χ1n) is 5.77. The number of hydrogen-bond acceptors (Lipinski definition) is 6. The van der Waals surface area contributed by atoms with E-state index in [0.717, 1.165) is 17.0 Å². The van der Waals surface area contributed by atoms with Crippen LogP contribution in [0.4, 0.5) is 5.82 Å². The molecule has 0 aliphatic rings. The maximum Gasteiger partial charge on any atom is 0.222 e. The Morgan fingerprint density at radius 2 is 2.05 bits per heavy atom. The smallest absolute Gasteiger partial charge is 0.222 e. The van der Waals surface area contributed by atoms with Gasteiger partial charge in [-0.15, -0.1) is 0 Å². The van der Waals surface area contributed by atoms with Gasteiger partial charge in [0.25, 0.3) is 0 Å². The highest BCUT2D eigenvalue weighted by Crippen LogP contribution is 2.30. The Morgan fingerprint density at radius 1 is 1.32 bits per heavy atom. The minimum absolute atomic E-state index is 0.376. The summed E-state index contributed by atoms with van der Waals surface area (Å²) in [7, 11) is 4.99. The average Bonchev–Trinajstić information content (AvgIpc) is 2.63. The Balaban J connectivity index is 2.58. The molecule has 0 atom stereocenters. The molecule has 0 amide bonds. The maximum atomic E-state index is 5.80. The van der Waals surface area contributed by atoms with E-state index in [2.05, 4.69) is 15.1 Å². The summed E-state index contributed by atoms with van der Waals surface area (Å²) < 4.78 is 12.1. The molecule has 2 rings (SSSR count). The summed E-state index contributed by atoms with van der Waals surface area (Å²) in [6, 6.07) is 1.69. The third-order valence-electron chi connectivity index (χ3n) is 2.68. The van der Waals surface area contributed by atoms with Crippen molar-refractivity contribution in [1.82, 2.24) is 19.7 Å². The zero-order valence-corrected chi connectivity index (χ0v) is 11.5. The summed E-state index contributed by atoms with van der Waals surface area (Å²) in [5.74, 6) is 1.49. The molecule has 0 unspecified atom stereocenters. The molecule has 0 fully saturated rings. The van der Waals surface area contributed by atoms with Gasteiger partial charge < -0.3 is 15.2 Å². The van der Waals surface area contributed by atoms with Gasteiger partial charge in [-0.3, -0.25) is 0 Å². The molecular weight excluding hydrogens is 246 g/mol. The van der Waals surface area contributed by atoms with Crippen molar-refractivity contribution in [2.45, 2.75) is 13.5 Å². The second kappa shape index (κ2) is 5.23. The molecule has 2 heterocycles. The van der Waals surface area contributed by atoms with Gasteiger partial charge in [-0.05, 0) is 6.92 Å². The van der Waals surface area contributed by atoms with Gasteiger partial charge in [0, 0.05) is 20.2 Å². The van der Waals surface area contributed by atoms with Gasteiger partial charge in [0.2, 0.25) is 5.88 Å². The number of ether oxygens (including phenoxy) is 2. The van der Waals surface area contributed by atoms with Gasteiger partial charge in [0.15, 0.2) is 5.82 Å². The van der Waals surface area contributed by atoms with Crippen LogP contribution >= 0.6 is 0 Å². The van der Waals surface area contributed by atoms with E-state index >= 15 is 0 Å². The normalized spacial score (nSPS) is 10.7.